The molecule has 3 heterocycles. The lowest BCUT2D eigenvalue weighted by molar-refractivity contribution is 0.160. The van der Waals surface area contributed by atoms with Crippen molar-refractivity contribution in [3.05, 3.63) is 53.4 Å². The van der Waals surface area contributed by atoms with Crippen molar-refractivity contribution in [2.24, 2.45) is 0 Å². The largest absolute Gasteiger partial charge is 0.353 e. The van der Waals surface area contributed by atoms with Gasteiger partial charge >= 0.3 is 0 Å². The zero-order valence-electron chi connectivity index (χ0n) is 12.4. The maximum absolute atomic E-state index is 5.93. The minimum absolute atomic E-state index is 0.330. The standard InChI is InChI=1S/C17H19ClN4/c18-17-19-9-8-16(20-17)21-11-14-6-7-15(12-21)22(14)10-13-4-2-1-3-5-13/h1-5,8-9,14-15H,6-7,10-12H2/t14-,15+. The Bertz CT molecular complexity index is 634. The molecule has 2 aromatic rings. The van der Waals surface area contributed by atoms with Gasteiger partial charge in [-0.05, 0) is 36.1 Å². The summed E-state index contributed by atoms with van der Waals surface area (Å²) in [5.41, 5.74) is 1.40. The molecule has 0 aliphatic carbocycles. The van der Waals surface area contributed by atoms with E-state index in [1.165, 1.54) is 18.4 Å². The molecule has 22 heavy (non-hydrogen) atoms. The molecule has 2 saturated heterocycles. The van der Waals surface area contributed by atoms with Crippen LogP contribution in [0.1, 0.15) is 18.4 Å². The molecule has 2 bridgehead atoms. The van der Waals surface area contributed by atoms with E-state index in [2.05, 4.69) is 50.1 Å². The number of hydrogen-bond acceptors (Lipinski definition) is 4. The molecule has 4 rings (SSSR count). The molecule has 2 aliphatic heterocycles. The number of rotatable bonds is 3. The molecular weight excluding hydrogens is 296 g/mol. The predicted octanol–water partition coefficient (Wildman–Crippen LogP) is 2.98. The number of benzene rings is 1. The molecule has 0 amide bonds. The fourth-order valence-corrected chi connectivity index (χ4v) is 3.87. The van der Waals surface area contributed by atoms with Crippen LogP contribution in [0.2, 0.25) is 5.28 Å². The van der Waals surface area contributed by atoms with Crippen LogP contribution in [0.15, 0.2) is 42.6 Å². The average molecular weight is 315 g/mol. The Labute approximate surface area is 135 Å². The first-order valence-electron chi connectivity index (χ1n) is 7.83. The summed E-state index contributed by atoms with van der Waals surface area (Å²) in [6, 6.07) is 13.9. The lowest BCUT2D eigenvalue weighted by Gasteiger charge is -2.41. The molecule has 1 aromatic heterocycles. The van der Waals surface area contributed by atoms with Gasteiger partial charge in [-0.2, -0.15) is 0 Å². The third kappa shape index (κ3) is 2.69. The maximum Gasteiger partial charge on any atom is 0.224 e. The summed E-state index contributed by atoms with van der Waals surface area (Å²) >= 11 is 5.93. The molecule has 4 nitrogen and oxygen atoms in total. The van der Waals surface area contributed by atoms with Crippen molar-refractivity contribution in [2.45, 2.75) is 31.5 Å². The van der Waals surface area contributed by atoms with Crippen molar-refractivity contribution in [3.63, 3.8) is 0 Å². The van der Waals surface area contributed by atoms with Gasteiger partial charge in [0.25, 0.3) is 0 Å². The van der Waals surface area contributed by atoms with Crippen molar-refractivity contribution in [1.29, 1.82) is 0 Å². The lowest BCUT2D eigenvalue weighted by Crippen LogP contribution is -2.53. The number of halogens is 1. The van der Waals surface area contributed by atoms with Crippen LogP contribution in [0.3, 0.4) is 0 Å². The van der Waals surface area contributed by atoms with Gasteiger partial charge in [0, 0.05) is 37.9 Å². The Morgan fingerprint density at radius 3 is 2.45 bits per heavy atom. The lowest BCUT2D eigenvalue weighted by atomic mass is 10.1. The SMILES string of the molecule is Clc1nccc(N2C[C@H]3CC[C@@H](C2)N3Cc2ccccc2)n1. The fraction of sp³-hybridized carbons (Fsp3) is 0.412. The average Bonchev–Trinajstić information content (AvgIpc) is 2.78. The Hall–Kier alpha value is -1.65. The Kier molecular flexibility index (Phi) is 3.72. The molecule has 0 N–H and O–H groups in total. The number of piperazine rings is 1. The van der Waals surface area contributed by atoms with Crippen LogP contribution in [0, 0.1) is 0 Å². The normalized spacial score (nSPS) is 24.7. The van der Waals surface area contributed by atoms with Crippen molar-refractivity contribution in [3.8, 4) is 0 Å². The van der Waals surface area contributed by atoms with E-state index < -0.39 is 0 Å². The second-order valence-corrected chi connectivity index (χ2v) is 6.47. The van der Waals surface area contributed by atoms with Gasteiger partial charge in [-0.3, -0.25) is 4.90 Å². The second kappa shape index (κ2) is 5.86. The fourth-order valence-electron chi connectivity index (χ4n) is 3.73. The van der Waals surface area contributed by atoms with Crippen molar-refractivity contribution >= 4 is 17.4 Å². The summed E-state index contributed by atoms with van der Waals surface area (Å²) in [6.07, 6.45) is 4.28. The predicted molar refractivity (Wildman–Crippen MR) is 88.1 cm³/mol. The summed E-state index contributed by atoms with van der Waals surface area (Å²) in [4.78, 5) is 13.4. The molecule has 0 saturated carbocycles. The quantitative estimate of drug-likeness (QED) is 0.815. The van der Waals surface area contributed by atoms with E-state index in [4.69, 9.17) is 11.6 Å². The van der Waals surface area contributed by atoms with Gasteiger partial charge in [-0.25, -0.2) is 9.97 Å². The van der Waals surface area contributed by atoms with E-state index in [-0.39, 0.29) is 0 Å². The number of hydrogen-bond donors (Lipinski definition) is 0. The van der Waals surface area contributed by atoms with Gasteiger partial charge in [-0.15, -0.1) is 0 Å². The van der Waals surface area contributed by atoms with Crippen LogP contribution in [0.4, 0.5) is 5.82 Å². The maximum atomic E-state index is 5.93. The summed E-state index contributed by atoms with van der Waals surface area (Å²) in [6.45, 7) is 3.10. The first-order valence-corrected chi connectivity index (χ1v) is 8.20. The second-order valence-electron chi connectivity index (χ2n) is 6.13. The summed E-state index contributed by atoms with van der Waals surface area (Å²) in [7, 11) is 0. The zero-order valence-corrected chi connectivity index (χ0v) is 13.2. The first kappa shape index (κ1) is 14.0. The minimum Gasteiger partial charge on any atom is -0.353 e. The van der Waals surface area contributed by atoms with Crippen LogP contribution in [0.5, 0.6) is 0 Å². The monoisotopic (exact) mass is 314 g/mol. The highest BCUT2D eigenvalue weighted by molar-refractivity contribution is 6.28. The minimum atomic E-state index is 0.330. The Morgan fingerprint density at radius 2 is 1.77 bits per heavy atom. The van der Waals surface area contributed by atoms with E-state index >= 15 is 0 Å². The molecule has 5 heteroatoms. The number of aromatic nitrogens is 2. The Morgan fingerprint density at radius 1 is 1.05 bits per heavy atom. The van der Waals surface area contributed by atoms with Crippen molar-refractivity contribution < 1.29 is 0 Å². The molecule has 0 spiro atoms. The van der Waals surface area contributed by atoms with Crippen molar-refractivity contribution in [2.75, 3.05) is 18.0 Å². The summed E-state index contributed by atoms with van der Waals surface area (Å²) in [5, 5.41) is 0.330. The third-order valence-electron chi connectivity index (χ3n) is 4.78. The molecule has 2 aliphatic rings. The first-order chi connectivity index (χ1) is 10.8. The molecule has 114 valence electrons. The van der Waals surface area contributed by atoms with E-state index in [9.17, 15) is 0 Å². The van der Waals surface area contributed by atoms with E-state index in [1.807, 2.05) is 6.07 Å². The van der Waals surface area contributed by atoms with E-state index in [1.54, 1.807) is 6.20 Å². The summed E-state index contributed by atoms with van der Waals surface area (Å²) < 4.78 is 0. The highest BCUT2D eigenvalue weighted by atomic mass is 35.5. The number of fused-ring (bicyclic) bond motifs is 2. The van der Waals surface area contributed by atoms with Crippen LogP contribution < -0.4 is 4.90 Å². The number of anilines is 1. The van der Waals surface area contributed by atoms with E-state index in [0.29, 0.717) is 17.4 Å². The highest BCUT2D eigenvalue weighted by Gasteiger charge is 2.40. The molecule has 0 radical (unpaired) electrons. The highest BCUT2D eigenvalue weighted by Crippen LogP contribution is 2.33. The molecule has 1 aromatic carbocycles. The van der Waals surface area contributed by atoms with Gasteiger partial charge in [0.15, 0.2) is 0 Å². The molecule has 0 unspecified atom stereocenters. The Balaban J connectivity index is 1.50. The molecular formula is C17H19ClN4. The van der Waals surface area contributed by atoms with Crippen LogP contribution in [-0.4, -0.2) is 40.0 Å². The topological polar surface area (TPSA) is 32.3 Å². The van der Waals surface area contributed by atoms with Gasteiger partial charge in [0.1, 0.15) is 5.82 Å². The third-order valence-corrected chi connectivity index (χ3v) is 4.96. The van der Waals surface area contributed by atoms with Crippen LogP contribution in [0.25, 0.3) is 0 Å². The summed E-state index contributed by atoms with van der Waals surface area (Å²) in [5.74, 6) is 0.955. The zero-order chi connectivity index (χ0) is 14.9. The van der Waals surface area contributed by atoms with Crippen LogP contribution in [-0.2, 0) is 6.54 Å². The van der Waals surface area contributed by atoms with Crippen LogP contribution >= 0.6 is 11.6 Å². The molecule has 2 fully saturated rings. The van der Waals surface area contributed by atoms with E-state index in [0.717, 1.165) is 25.5 Å². The van der Waals surface area contributed by atoms with Gasteiger partial charge in [-0.1, -0.05) is 30.3 Å². The smallest absolute Gasteiger partial charge is 0.224 e. The number of nitrogens with zero attached hydrogens (tertiary/aromatic N) is 4. The van der Waals surface area contributed by atoms with Crippen molar-refractivity contribution in [1.82, 2.24) is 14.9 Å². The van der Waals surface area contributed by atoms with Gasteiger partial charge in [0.2, 0.25) is 5.28 Å². The van der Waals surface area contributed by atoms with Gasteiger partial charge < -0.3 is 4.90 Å². The van der Waals surface area contributed by atoms with Gasteiger partial charge in [0.05, 0.1) is 0 Å². The molecule has 2 atom stereocenters.